The summed E-state index contributed by atoms with van der Waals surface area (Å²) in [6, 6.07) is 4.97. The maximum absolute atomic E-state index is 13.9. The van der Waals surface area contributed by atoms with E-state index in [-0.39, 0.29) is 21.9 Å². The van der Waals surface area contributed by atoms with Crippen LogP contribution in [0, 0.1) is 17.1 Å². The fraction of sp³-hybridized carbons (Fsp3) is 0.417. The van der Waals surface area contributed by atoms with Crippen molar-refractivity contribution in [1.82, 2.24) is 5.32 Å². The molecule has 0 unspecified atom stereocenters. The Hall–Kier alpha value is -1.12. The molecule has 0 aromatic heterocycles. The normalized spacial score (nSPS) is 19.7. The Labute approximate surface area is 108 Å². The quantitative estimate of drug-likeness (QED) is 0.913. The molecule has 1 aromatic rings. The molecule has 3 nitrogen and oxygen atoms in total. The van der Waals surface area contributed by atoms with Crippen LogP contribution in [0.3, 0.4) is 0 Å². The highest BCUT2D eigenvalue weighted by atomic mass is 79.9. The minimum atomic E-state index is -0.505. The lowest BCUT2D eigenvalue weighted by Gasteiger charge is -2.24. The van der Waals surface area contributed by atoms with Crippen molar-refractivity contribution >= 4 is 15.9 Å². The van der Waals surface area contributed by atoms with Crippen LogP contribution < -0.4 is 10.1 Å². The number of nitriles is 1. The minimum Gasteiger partial charge on any atom is -0.486 e. The van der Waals surface area contributed by atoms with Crippen LogP contribution in [0.1, 0.15) is 18.4 Å². The maximum atomic E-state index is 13.9. The molecule has 5 heteroatoms. The molecule has 1 saturated heterocycles. The number of rotatable bonds is 2. The number of ether oxygens (including phenoxy) is 1. The molecule has 17 heavy (non-hydrogen) atoms. The molecule has 0 radical (unpaired) electrons. The molecule has 90 valence electrons. The Balaban J connectivity index is 2.16. The van der Waals surface area contributed by atoms with Crippen molar-refractivity contribution < 1.29 is 9.13 Å². The Morgan fingerprint density at radius 3 is 3.00 bits per heavy atom. The molecule has 1 aliphatic heterocycles. The molecular formula is C12H12BrFN2O. The standard InChI is InChI=1S/C12H12BrFN2O/c13-11-8(6-15)3-4-10(12(11)14)17-9-2-1-5-16-7-9/h3-4,9,16H,1-2,5,7H2/t9-/m0/s1. The third kappa shape index (κ3) is 2.76. The Kier molecular flexibility index (Phi) is 3.97. The number of hydrogen-bond acceptors (Lipinski definition) is 3. The zero-order valence-corrected chi connectivity index (χ0v) is 10.8. The summed E-state index contributed by atoms with van der Waals surface area (Å²) < 4.78 is 19.6. The van der Waals surface area contributed by atoms with Gasteiger partial charge in [0.1, 0.15) is 12.2 Å². The molecule has 1 atom stereocenters. The average Bonchev–Trinajstić information content (AvgIpc) is 2.37. The van der Waals surface area contributed by atoms with Crippen molar-refractivity contribution in [2.75, 3.05) is 13.1 Å². The molecule has 1 heterocycles. The van der Waals surface area contributed by atoms with E-state index in [2.05, 4.69) is 21.2 Å². The van der Waals surface area contributed by atoms with Crippen LogP contribution in [0.4, 0.5) is 4.39 Å². The van der Waals surface area contributed by atoms with Gasteiger partial charge in [0, 0.05) is 6.54 Å². The lowest BCUT2D eigenvalue weighted by molar-refractivity contribution is 0.160. The second-order valence-electron chi connectivity index (χ2n) is 3.94. The first-order chi connectivity index (χ1) is 8.22. The maximum Gasteiger partial charge on any atom is 0.180 e. The smallest absolute Gasteiger partial charge is 0.180 e. The van der Waals surface area contributed by atoms with Gasteiger partial charge in [0.25, 0.3) is 0 Å². The Morgan fingerprint density at radius 1 is 1.53 bits per heavy atom. The molecule has 1 N–H and O–H groups in total. The molecule has 0 saturated carbocycles. The average molecular weight is 299 g/mol. The molecule has 1 fully saturated rings. The molecule has 1 aliphatic rings. The van der Waals surface area contributed by atoms with Crippen molar-refractivity contribution in [2.45, 2.75) is 18.9 Å². The molecule has 0 bridgehead atoms. The predicted molar refractivity (Wildman–Crippen MR) is 65.3 cm³/mol. The minimum absolute atomic E-state index is 0.00177. The first-order valence-corrected chi connectivity index (χ1v) is 6.27. The van der Waals surface area contributed by atoms with E-state index in [9.17, 15) is 4.39 Å². The summed E-state index contributed by atoms with van der Waals surface area (Å²) in [5.74, 6) is -0.306. The zero-order valence-electron chi connectivity index (χ0n) is 9.17. The number of nitrogens with zero attached hydrogens (tertiary/aromatic N) is 1. The molecule has 0 amide bonds. The van der Waals surface area contributed by atoms with E-state index in [0.29, 0.717) is 0 Å². The van der Waals surface area contributed by atoms with Gasteiger partial charge in [-0.3, -0.25) is 0 Å². The van der Waals surface area contributed by atoms with Gasteiger partial charge in [0.05, 0.1) is 10.0 Å². The Bertz CT molecular complexity index is 453. The van der Waals surface area contributed by atoms with E-state index >= 15 is 0 Å². The summed E-state index contributed by atoms with van der Waals surface area (Å²) in [6.07, 6.45) is 1.95. The lowest BCUT2D eigenvalue weighted by Crippen LogP contribution is -2.37. The van der Waals surface area contributed by atoms with Crippen LogP contribution in [0.2, 0.25) is 0 Å². The molecule has 1 aromatic carbocycles. The predicted octanol–water partition coefficient (Wildman–Crippen LogP) is 2.59. The van der Waals surface area contributed by atoms with Gasteiger partial charge in [-0.1, -0.05) is 0 Å². The first-order valence-electron chi connectivity index (χ1n) is 5.48. The van der Waals surface area contributed by atoms with Crippen LogP contribution in [-0.4, -0.2) is 19.2 Å². The molecular weight excluding hydrogens is 287 g/mol. The summed E-state index contributed by atoms with van der Waals surface area (Å²) in [5.41, 5.74) is 0.275. The highest BCUT2D eigenvalue weighted by Gasteiger charge is 2.18. The molecule has 2 rings (SSSR count). The number of hydrogen-bond donors (Lipinski definition) is 1. The number of halogens is 2. The van der Waals surface area contributed by atoms with Crippen molar-refractivity contribution in [3.63, 3.8) is 0 Å². The summed E-state index contributed by atoms with van der Waals surface area (Å²) in [7, 11) is 0. The monoisotopic (exact) mass is 298 g/mol. The van der Waals surface area contributed by atoms with Crippen molar-refractivity contribution in [3.05, 3.63) is 28.0 Å². The fourth-order valence-corrected chi connectivity index (χ4v) is 2.23. The lowest BCUT2D eigenvalue weighted by atomic mass is 10.1. The molecule has 0 aliphatic carbocycles. The van der Waals surface area contributed by atoms with Gasteiger partial charge in [-0.15, -0.1) is 0 Å². The zero-order chi connectivity index (χ0) is 12.3. The number of nitrogens with one attached hydrogen (secondary N) is 1. The van der Waals surface area contributed by atoms with Crippen molar-refractivity contribution in [1.29, 1.82) is 5.26 Å². The van der Waals surface area contributed by atoms with E-state index in [0.717, 1.165) is 25.9 Å². The fourth-order valence-electron chi connectivity index (χ4n) is 1.81. The highest BCUT2D eigenvalue weighted by Crippen LogP contribution is 2.29. The SMILES string of the molecule is N#Cc1ccc(O[C@H]2CCCNC2)c(F)c1Br. The van der Waals surface area contributed by atoms with Gasteiger partial charge in [0.15, 0.2) is 11.6 Å². The van der Waals surface area contributed by atoms with Crippen LogP contribution in [-0.2, 0) is 0 Å². The number of benzene rings is 1. The third-order valence-corrected chi connectivity index (χ3v) is 3.49. The highest BCUT2D eigenvalue weighted by molar-refractivity contribution is 9.10. The van der Waals surface area contributed by atoms with E-state index in [1.54, 1.807) is 6.07 Å². The van der Waals surface area contributed by atoms with Gasteiger partial charge in [-0.2, -0.15) is 5.26 Å². The van der Waals surface area contributed by atoms with Crippen LogP contribution in [0.5, 0.6) is 5.75 Å². The summed E-state index contributed by atoms with van der Waals surface area (Å²) in [6.45, 7) is 1.72. The topological polar surface area (TPSA) is 45.0 Å². The van der Waals surface area contributed by atoms with E-state index in [1.807, 2.05) is 6.07 Å². The third-order valence-electron chi connectivity index (χ3n) is 2.71. The summed E-state index contributed by atoms with van der Waals surface area (Å²) in [5, 5.41) is 12.0. The van der Waals surface area contributed by atoms with Gasteiger partial charge in [-0.05, 0) is 47.4 Å². The van der Waals surface area contributed by atoms with Gasteiger partial charge in [0.2, 0.25) is 0 Å². The second-order valence-corrected chi connectivity index (χ2v) is 4.73. The van der Waals surface area contributed by atoms with Gasteiger partial charge >= 0.3 is 0 Å². The first kappa shape index (κ1) is 12.3. The second kappa shape index (κ2) is 5.48. The van der Waals surface area contributed by atoms with E-state index in [1.165, 1.54) is 6.07 Å². The van der Waals surface area contributed by atoms with Crippen molar-refractivity contribution in [2.24, 2.45) is 0 Å². The summed E-state index contributed by atoms with van der Waals surface area (Å²) in [4.78, 5) is 0. The van der Waals surface area contributed by atoms with Gasteiger partial charge in [-0.25, -0.2) is 4.39 Å². The molecule has 0 spiro atoms. The van der Waals surface area contributed by atoms with Crippen molar-refractivity contribution in [3.8, 4) is 11.8 Å². The Morgan fingerprint density at radius 2 is 2.35 bits per heavy atom. The van der Waals surface area contributed by atoms with E-state index < -0.39 is 5.82 Å². The van der Waals surface area contributed by atoms with Crippen LogP contribution in [0.25, 0.3) is 0 Å². The van der Waals surface area contributed by atoms with Gasteiger partial charge < -0.3 is 10.1 Å². The number of piperidine rings is 1. The largest absolute Gasteiger partial charge is 0.486 e. The summed E-state index contributed by atoms with van der Waals surface area (Å²) >= 11 is 3.06. The van der Waals surface area contributed by atoms with Crippen LogP contribution >= 0.6 is 15.9 Å². The van der Waals surface area contributed by atoms with E-state index in [4.69, 9.17) is 10.00 Å². The van der Waals surface area contributed by atoms with Crippen LogP contribution in [0.15, 0.2) is 16.6 Å².